The number of benzene rings is 1. The molecule has 26 heavy (non-hydrogen) atoms. The standard InChI is InChI=1S/C17H15N3O6/c21-13-14-11(8-24-9-25-14)26-16(13)20-7-6-12(19-17(20)23)18-15(22)10-4-2-1-3-5-10/h1-7,11,14,16H,8-9H2,(H,18,19,22,23)/t11-,14?,16+/m0/s1. The minimum atomic E-state index is -1.12. The molecule has 4 rings (SSSR count). The molecule has 1 amide bonds. The maximum Gasteiger partial charge on any atom is 0.352 e. The molecule has 0 aliphatic carbocycles. The van der Waals surface area contributed by atoms with Gasteiger partial charge in [0.1, 0.15) is 18.7 Å². The van der Waals surface area contributed by atoms with E-state index in [4.69, 9.17) is 14.2 Å². The zero-order chi connectivity index (χ0) is 18.1. The number of hydrogen-bond donors (Lipinski definition) is 1. The van der Waals surface area contributed by atoms with Crippen molar-refractivity contribution in [3.63, 3.8) is 0 Å². The molecule has 2 saturated heterocycles. The summed E-state index contributed by atoms with van der Waals surface area (Å²) in [6.07, 6.45) is -1.06. The van der Waals surface area contributed by atoms with E-state index in [9.17, 15) is 14.4 Å². The number of fused-ring (bicyclic) bond motifs is 1. The first-order valence-corrected chi connectivity index (χ1v) is 7.97. The predicted octanol–water partition coefficient (Wildman–Crippen LogP) is 0.335. The van der Waals surface area contributed by atoms with Crippen molar-refractivity contribution >= 4 is 17.5 Å². The van der Waals surface area contributed by atoms with Crippen LogP contribution in [0.4, 0.5) is 5.82 Å². The summed E-state index contributed by atoms with van der Waals surface area (Å²) in [6.45, 7) is 0.237. The van der Waals surface area contributed by atoms with E-state index < -0.39 is 24.1 Å². The van der Waals surface area contributed by atoms with E-state index in [2.05, 4.69) is 10.3 Å². The van der Waals surface area contributed by atoms with E-state index in [0.717, 1.165) is 4.57 Å². The molecule has 0 saturated carbocycles. The Hall–Kier alpha value is -2.88. The number of nitrogens with zero attached hydrogens (tertiary/aromatic N) is 2. The van der Waals surface area contributed by atoms with Gasteiger partial charge in [-0.05, 0) is 18.2 Å². The lowest BCUT2D eigenvalue weighted by Gasteiger charge is -2.22. The Morgan fingerprint density at radius 1 is 1.19 bits per heavy atom. The van der Waals surface area contributed by atoms with Gasteiger partial charge >= 0.3 is 5.69 Å². The van der Waals surface area contributed by atoms with E-state index in [1.165, 1.54) is 12.3 Å². The average molecular weight is 357 g/mol. The highest BCUT2D eigenvalue weighted by Gasteiger charge is 2.47. The molecule has 2 fully saturated rings. The van der Waals surface area contributed by atoms with Crippen molar-refractivity contribution in [1.29, 1.82) is 0 Å². The van der Waals surface area contributed by atoms with Crippen molar-refractivity contribution in [3.05, 3.63) is 58.6 Å². The summed E-state index contributed by atoms with van der Waals surface area (Å²) in [5.74, 6) is -0.661. The number of amides is 1. The van der Waals surface area contributed by atoms with Crippen LogP contribution < -0.4 is 11.0 Å². The van der Waals surface area contributed by atoms with Gasteiger partial charge in [-0.1, -0.05) is 18.2 Å². The highest BCUT2D eigenvalue weighted by Crippen LogP contribution is 2.29. The molecule has 134 valence electrons. The Labute approximate surface area is 147 Å². The van der Waals surface area contributed by atoms with E-state index in [1.54, 1.807) is 30.3 Å². The van der Waals surface area contributed by atoms with Gasteiger partial charge in [-0.15, -0.1) is 0 Å². The van der Waals surface area contributed by atoms with E-state index >= 15 is 0 Å². The summed E-state index contributed by atoms with van der Waals surface area (Å²) in [6, 6.07) is 9.97. The second-order valence-corrected chi connectivity index (χ2v) is 5.83. The number of ether oxygens (including phenoxy) is 3. The minimum Gasteiger partial charge on any atom is -0.353 e. The molecule has 9 heteroatoms. The fourth-order valence-electron chi connectivity index (χ4n) is 2.87. The molecule has 3 heterocycles. The van der Waals surface area contributed by atoms with Gasteiger partial charge in [0.15, 0.2) is 6.10 Å². The van der Waals surface area contributed by atoms with E-state index in [-0.39, 0.29) is 30.9 Å². The number of carbonyl (C=O) groups is 2. The second-order valence-electron chi connectivity index (χ2n) is 5.83. The number of ketones is 1. The number of nitrogens with one attached hydrogen (secondary N) is 1. The Balaban J connectivity index is 1.52. The van der Waals surface area contributed by atoms with Crippen LogP contribution in [0.5, 0.6) is 0 Å². The maximum absolute atomic E-state index is 12.4. The molecular weight excluding hydrogens is 342 g/mol. The Bertz CT molecular complexity index is 897. The number of anilines is 1. The van der Waals surface area contributed by atoms with Gasteiger partial charge in [0, 0.05) is 11.8 Å². The first-order chi connectivity index (χ1) is 12.6. The molecule has 0 radical (unpaired) electrons. The van der Waals surface area contributed by atoms with Gasteiger partial charge in [0.2, 0.25) is 12.0 Å². The molecule has 1 unspecified atom stereocenters. The fraction of sp³-hybridized carbons (Fsp3) is 0.294. The van der Waals surface area contributed by atoms with Crippen LogP contribution in [0, 0.1) is 0 Å². The van der Waals surface area contributed by atoms with Crippen LogP contribution in [0.25, 0.3) is 0 Å². The molecule has 1 N–H and O–H groups in total. The fourth-order valence-corrected chi connectivity index (χ4v) is 2.87. The molecule has 2 aliphatic rings. The summed E-state index contributed by atoms with van der Waals surface area (Å²) in [7, 11) is 0. The Kier molecular flexibility index (Phi) is 4.33. The quantitative estimate of drug-likeness (QED) is 0.843. The van der Waals surface area contributed by atoms with Gasteiger partial charge < -0.3 is 19.5 Å². The van der Waals surface area contributed by atoms with Crippen molar-refractivity contribution in [2.24, 2.45) is 0 Å². The monoisotopic (exact) mass is 357 g/mol. The van der Waals surface area contributed by atoms with Crippen LogP contribution in [0.1, 0.15) is 16.6 Å². The van der Waals surface area contributed by atoms with Crippen LogP contribution in [-0.4, -0.2) is 46.8 Å². The maximum atomic E-state index is 12.4. The van der Waals surface area contributed by atoms with E-state index in [0.29, 0.717) is 5.56 Å². The topological polar surface area (TPSA) is 109 Å². The lowest BCUT2D eigenvalue weighted by molar-refractivity contribution is -0.183. The van der Waals surface area contributed by atoms with Crippen LogP contribution in [0.2, 0.25) is 0 Å². The summed E-state index contributed by atoms with van der Waals surface area (Å²) < 4.78 is 17.0. The molecule has 2 aromatic rings. The van der Waals surface area contributed by atoms with Crippen molar-refractivity contribution in [2.75, 3.05) is 18.7 Å². The van der Waals surface area contributed by atoms with Gasteiger partial charge in [0.05, 0.1) is 6.61 Å². The molecule has 0 spiro atoms. The molecule has 3 atom stereocenters. The smallest absolute Gasteiger partial charge is 0.352 e. The number of Topliss-reactive ketones (excluding diaryl/α,β-unsaturated/α-hetero) is 1. The van der Waals surface area contributed by atoms with Gasteiger partial charge in [0.25, 0.3) is 5.91 Å². The normalized spacial score (nSPS) is 24.9. The molecule has 1 aromatic carbocycles. The molecule has 9 nitrogen and oxygen atoms in total. The predicted molar refractivity (Wildman–Crippen MR) is 87.5 cm³/mol. The number of rotatable bonds is 3. The highest BCUT2D eigenvalue weighted by molar-refractivity contribution is 6.03. The summed E-state index contributed by atoms with van der Waals surface area (Å²) in [5.41, 5.74) is -0.275. The zero-order valence-corrected chi connectivity index (χ0v) is 13.5. The van der Waals surface area contributed by atoms with Gasteiger partial charge in [-0.25, -0.2) is 4.79 Å². The molecule has 1 aromatic heterocycles. The Morgan fingerprint density at radius 2 is 2.00 bits per heavy atom. The SMILES string of the molecule is O=C(Nc1ccn([C@@H]2O[C@H]3COCOC3C2=O)c(=O)n1)c1ccccc1. The largest absolute Gasteiger partial charge is 0.353 e. The average Bonchev–Trinajstić information content (AvgIpc) is 2.99. The second kappa shape index (κ2) is 6.79. The van der Waals surface area contributed by atoms with Crippen molar-refractivity contribution in [2.45, 2.75) is 18.4 Å². The third-order valence-electron chi connectivity index (χ3n) is 4.14. The van der Waals surface area contributed by atoms with Crippen LogP contribution in [0.3, 0.4) is 0 Å². The molecule has 2 aliphatic heterocycles. The first kappa shape index (κ1) is 16.6. The summed E-state index contributed by atoms with van der Waals surface area (Å²) in [4.78, 5) is 40.6. The molecule has 0 bridgehead atoms. The lowest BCUT2D eigenvalue weighted by atomic mass is 10.1. The summed E-state index contributed by atoms with van der Waals surface area (Å²) in [5, 5.41) is 2.54. The van der Waals surface area contributed by atoms with Gasteiger partial charge in [-0.2, -0.15) is 4.98 Å². The zero-order valence-electron chi connectivity index (χ0n) is 13.5. The highest BCUT2D eigenvalue weighted by atomic mass is 16.7. The first-order valence-electron chi connectivity index (χ1n) is 7.97. The number of carbonyl (C=O) groups excluding carboxylic acids is 2. The van der Waals surface area contributed by atoms with Crippen molar-refractivity contribution in [3.8, 4) is 0 Å². The van der Waals surface area contributed by atoms with E-state index in [1.807, 2.05) is 0 Å². The summed E-state index contributed by atoms with van der Waals surface area (Å²) >= 11 is 0. The van der Waals surface area contributed by atoms with Crippen LogP contribution in [0.15, 0.2) is 47.4 Å². The Morgan fingerprint density at radius 3 is 2.73 bits per heavy atom. The van der Waals surface area contributed by atoms with Crippen molar-refractivity contribution in [1.82, 2.24) is 9.55 Å². The van der Waals surface area contributed by atoms with Crippen molar-refractivity contribution < 1.29 is 23.8 Å². The van der Waals surface area contributed by atoms with Gasteiger partial charge in [-0.3, -0.25) is 14.2 Å². The molecular formula is C17H15N3O6. The number of hydrogen-bond acceptors (Lipinski definition) is 7. The van der Waals surface area contributed by atoms with Crippen LogP contribution in [-0.2, 0) is 19.0 Å². The number of aromatic nitrogens is 2. The third kappa shape index (κ3) is 3.03. The minimum absolute atomic E-state index is 0.0145. The van der Waals surface area contributed by atoms with Crippen LogP contribution >= 0.6 is 0 Å². The lowest BCUT2D eigenvalue weighted by Crippen LogP contribution is -2.39. The third-order valence-corrected chi connectivity index (χ3v) is 4.14.